The highest BCUT2D eigenvalue weighted by molar-refractivity contribution is 6.12. The van der Waals surface area contributed by atoms with Crippen LogP contribution in [0.3, 0.4) is 0 Å². The predicted molar refractivity (Wildman–Crippen MR) is 168 cm³/mol. The summed E-state index contributed by atoms with van der Waals surface area (Å²) in [6.07, 6.45) is 0.232. The minimum Gasteiger partial charge on any atom is -0.491 e. The van der Waals surface area contributed by atoms with E-state index in [2.05, 4.69) is 24.3 Å². The summed E-state index contributed by atoms with van der Waals surface area (Å²) in [5.41, 5.74) is 3.24. The van der Waals surface area contributed by atoms with Crippen molar-refractivity contribution in [1.82, 2.24) is 4.90 Å². The Balaban J connectivity index is 1.20. The number of hydrogen-bond donors (Lipinski definition) is 0. The standard InChI is InChI=1S/C37H36N2O5/c1-36(2,3)44-35(41)38-21-20-28(23-38)43-27-18-19-30-32(22-27)42-24-37(30)29-16-10-11-17-31(29)39(34(37)40)33(25-12-6-4-7-13-25)26-14-8-5-9-15-26/h4-19,22,28,33H,20-21,23-24H2,1-3H3/t28-,37?/m0/s1. The van der Waals surface area contributed by atoms with Crippen molar-refractivity contribution in [3.63, 3.8) is 0 Å². The average Bonchev–Trinajstić information content (AvgIpc) is 3.71. The second kappa shape index (κ2) is 10.7. The van der Waals surface area contributed by atoms with Crippen molar-refractivity contribution < 1.29 is 23.8 Å². The zero-order valence-corrected chi connectivity index (χ0v) is 25.2. The molecule has 1 spiro atoms. The zero-order valence-electron chi connectivity index (χ0n) is 25.2. The number of ether oxygens (including phenoxy) is 3. The van der Waals surface area contributed by atoms with E-state index in [4.69, 9.17) is 14.2 Å². The van der Waals surface area contributed by atoms with Gasteiger partial charge in [0.25, 0.3) is 0 Å². The minimum absolute atomic E-state index is 0.00683. The number of fused-ring (bicyclic) bond motifs is 4. The van der Waals surface area contributed by atoms with Gasteiger partial charge in [0.1, 0.15) is 35.2 Å². The molecule has 3 aliphatic heterocycles. The Hall–Kier alpha value is -4.78. The third kappa shape index (κ3) is 4.77. The Bertz CT molecular complexity index is 1660. The van der Waals surface area contributed by atoms with Crippen LogP contribution in [0, 0.1) is 0 Å². The van der Waals surface area contributed by atoms with Gasteiger partial charge in [-0.05, 0) is 49.6 Å². The molecule has 0 N–H and O–H groups in total. The number of rotatable bonds is 5. The summed E-state index contributed by atoms with van der Waals surface area (Å²) in [4.78, 5) is 31.0. The number of carbonyl (C=O) groups excluding carboxylic acids is 2. The van der Waals surface area contributed by atoms with Gasteiger partial charge in [0.05, 0.1) is 12.6 Å². The second-order valence-corrected chi connectivity index (χ2v) is 12.7. The number of hydrogen-bond acceptors (Lipinski definition) is 5. The molecule has 2 atom stereocenters. The van der Waals surface area contributed by atoms with E-state index in [-0.39, 0.29) is 30.8 Å². The largest absolute Gasteiger partial charge is 0.491 e. The molecule has 0 aliphatic carbocycles. The Labute approximate surface area is 258 Å². The first kappa shape index (κ1) is 28.0. The summed E-state index contributed by atoms with van der Waals surface area (Å²) in [6.45, 7) is 6.84. The summed E-state index contributed by atoms with van der Waals surface area (Å²) in [5.74, 6) is 1.29. The average molecular weight is 589 g/mol. The first-order chi connectivity index (χ1) is 21.2. The minimum atomic E-state index is -0.965. The van der Waals surface area contributed by atoms with Gasteiger partial charge in [0.15, 0.2) is 0 Å². The molecule has 0 saturated carbocycles. The number of nitrogens with zero attached hydrogens (tertiary/aromatic N) is 2. The van der Waals surface area contributed by atoms with E-state index in [0.29, 0.717) is 31.0 Å². The van der Waals surface area contributed by atoms with Gasteiger partial charge >= 0.3 is 6.09 Å². The van der Waals surface area contributed by atoms with Crippen molar-refractivity contribution in [2.24, 2.45) is 0 Å². The van der Waals surface area contributed by atoms with Gasteiger partial charge in [-0.25, -0.2) is 4.79 Å². The first-order valence-electron chi connectivity index (χ1n) is 15.2. The fraction of sp³-hybridized carbons (Fsp3) is 0.297. The molecule has 3 heterocycles. The van der Waals surface area contributed by atoms with Crippen LogP contribution in [0.5, 0.6) is 11.5 Å². The maximum absolute atomic E-state index is 14.9. The number of benzene rings is 4. The number of amides is 2. The van der Waals surface area contributed by atoms with E-state index in [1.807, 2.05) is 105 Å². The fourth-order valence-electron chi connectivity index (χ4n) is 6.71. The van der Waals surface area contributed by atoms with E-state index in [9.17, 15) is 9.59 Å². The molecule has 44 heavy (non-hydrogen) atoms. The van der Waals surface area contributed by atoms with Gasteiger partial charge < -0.3 is 19.1 Å². The molecule has 7 heteroatoms. The van der Waals surface area contributed by atoms with Crippen molar-refractivity contribution in [2.75, 3.05) is 24.6 Å². The predicted octanol–water partition coefficient (Wildman–Crippen LogP) is 6.89. The number of likely N-dealkylation sites (tertiary alicyclic amines) is 1. The maximum Gasteiger partial charge on any atom is 0.410 e. The van der Waals surface area contributed by atoms with Gasteiger partial charge in [-0.15, -0.1) is 0 Å². The first-order valence-corrected chi connectivity index (χ1v) is 15.2. The molecule has 7 nitrogen and oxygen atoms in total. The van der Waals surface area contributed by atoms with Crippen LogP contribution in [-0.4, -0.2) is 48.3 Å². The van der Waals surface area contributed by atoms with Gasteiger partial charge in [-0.3, -0.25) is 9.69 Å². The van der Waals surface area contributed by atoms with E-state index in [1.54, 1.807) is 4.90 Å². The number of anilines is 1. The smallest absolute Gasteiger partial charge is 0.410 e. The van der Waals surface area contributed by atoms with E-state index < -0.39 is 11.0 Å². The van der Waals surface area contributed by atoms with Crippen LogP contribution in [0.4, 0.5) is 10.5 Å². The van der Waals surface area contributed by atoms with Crippen LogP contribution >= 0.6 is 0 Å². The molecule has 2 amide bonds. The quantitative estimate of drug-likeness (QED) is 0.254. The van der Waals surface area contributed by atoms with E-state index in [0.717, 1.165) is 27.9 Å². The zero-order chi connectivity index (χ0) is 30.5. The summed E-state index contributed by atoms with van der Waals surface area (Å²) < 4.78 is 18.1. The van der Waals surface area contributed by atoms with Crippen LogP contribution in [0.1, 0.15) is 55.5 Å². The van der Waals surface area contributed by atoms with Crippen molar-refractivity contribution in [2.45, 2.75) is 50.4 Å². The third-order valence-electron chi connectivity index (χ3n) is 8.65. The Morgan fingerprint density at radius 3 is 2.23 bits per heavy atom. The highest BCUT2D eigenvalue weighted by Gasteiger charge is 2.58. The second-order valence-electron chi connectivity index (χ2n) is 12.7. The van der Waals surface area contributed by atoms with Gasteiger partial charge in [0, 0.05) is 30.3 Å². The third-order valence-corrected chi connectivity index (χ3v) is 8.65. The molecular weight excluding hydrogens is 552 g/mol. The van der Waals surface area contributed by atoms with Crippen LogP contribution in [0.2, 0.25) is 0 Å². The Morgan fingerprint density at radius 1 is 0.886 bits per heavy atom. The lowest BCUT2D eigenvalue weighted by Gasteiger charge is -2.31. The Morgan fingerprint density at radius 2 is 1.55 bits per heavy atom. The summed E-state index contributed by atoms with van der Waals surface area (Å²) in [6, 6.07) is 33.9. The summed E-state index contributed by atoms with van der Waals surface area (Å²) in [5, 5.41) is 0. The molecule has 1 fully saturated rings. The molecule has 0 aromatic heterocycles. The molecule has 4 aromatic rings. The molecule has 7 rings (SSSR count). The van der Waals surface area contributed by atoms with Crippen LogP contribution < -0.4 is 14.4 Å². The number of carbonyl (C=O) groups is 2. The van der Waals surface area contributed by atoms with Gasteiger partial charge in [-0.1, -0.05) is 84.9 Å². The van der Waals surface area contributed by atoms with E-state index >= 15 is 0 Å². The van der Waals surface area contributed by atoms with Crippen molar-refractivity contribution >= 4 is 17.7 Å². The summed E-state index contributed by atoms with van der Waals surface area (Å²) >= 11 is 0. The normalized spacial score (nSPS) is 20.5. The number of para-hydroxylation sites is 1. The van der Waals surface area contributed by atoms with Crippen LogP contribution in [-0.2, 0) is 14.9 Å². The Kier molecular flexibility index (Phi) is 6.84. The topological polar surface area (TPSA) is 68.3 Å². The van der Waals surface area contributed by atoms with Gasteiger partial charge in [-0.2, -0.15) is 0 Å². The molecule has 4 aromatic carbocycles. The lowest BCUT2D eigenvalue weighted by Crippen LogP contribution is -2.44. The van der Waals surface area contributed by atoms with Crippen molar-refractivity contribution in [3.8, 4) is 11.5 Å². The molecule has 1 unspecified atom stereocenters. The van der Waals surface area contributed by atoms with Crippen LogP contribution in [0.25, 0.3) is 0 Å². The van der Waals surface area contributed by atoms with Crippen molar-refractivity contribution in [3.05, 3.63) is 125 Å². The molecule has 3 aliphatic rings. The maximum atomic E-state index is 14.9. The molecule has 0 radical (unpaired) electrons. The SMILES string of the molecule is CC(C)(C)OC(=O)N1CC[C@H](Oc2ccc3c(c2)OCC32C(=O)N(C(c3ccccc3)c3ccccc3)c3ccccc32)C1. The van der Waals surface area contributed by atoms with Crippen LogP contribution in [0.15, 0.2) is 103 Å². The monoisotopic (exact) mass is 588 g/mol. The highest BCUT2D eigenvalue weighted by Crippen LogP contribution is 2.55. The highest BCUT2D eigenvalue weighted by atomic mass is 16.6. The van der Waals surface area contributed by atoms with Gasteiger partial charge in [0.2, 0.25) is 5.91 Å². The molecular formula is C37H36N2O5. The molecule has 1 saturated heterocycles. The van der Waals surface area contributed by atoms with E-state index in [1.165, 1.54) is 0 Å². The summed E-state index contributed by atoms with van der Waals surface area (Å²) in [7, 11) is 0. The molecule has 0 bridgehead atoms. The molecule has 224 valence electrons. The fourth-order valence-corrected chi connectivity index (χ4v) is 6.71. The lowest BCUT2D eigenvalue weighted by atomic mass is 9.77. The lowest BCUT2D eigenvalue weighted by molar-refractivity contribution is -0.122. The van der Waals surface area contributed by atoms with Crippen molar-refractivity contribution in [1.29, 1.82) is 0 Å².